The molecule has 2 heterocycles. The summed E-state index contributed by atoms with van der Waals surface area (Å²) < 4.78 is 43.9. The van der Waals surface area contributed by atoms with E-state index in [1.165, 1.54) is 4.31 Å². The maximum atomic E-state index is 12.9. The molecule has 0 atom stereocenters. The van der Waals surface area contributed by atoms with Gasteiger partial charge in [-0.15, -0.1) is 0 Å². The minimum absolute atomic E-state index is 0.238. The van der Waals surface area contributed by atoms with E-state index in [9.17, 15) is 8.42 Å². The second kappa shape index (κ2) is 6.48. The topological polar surface area (TPSA) is 65.1 Å². The summed E-state index contributed by atoms with van der Waals surface area (Å²) in [6.45, 7) is 1.50. The van der Waals surface area contributed by atoms with Gasteiger partial charge in [0.15, 0.2) is 0 Å². The summed E-state index contributed by atoms with van der Waals surface area (Å²) in [6.07, 6.45) is 1.60. The van der Waals surface area contributed by atoms with E-state index in [0.717, 1.165) is 41.0 Å². The van der Waals surface area contributed by atoms with Crippen LogP contribution in [-0.4, -0.2) is 40.1 Å². The fourth-order valence-electron chi connectivity index (χ4n) is 3.49. The highest BCUT2D eigenvalue weighted by molar-refractivity contribution is 7.89. The molecular formula is C19H21NO5S. The second-order valence-electron chi connectivity index (χ2n) is 6.45. The smallest absolute Gasteiger partial charge is 0.243 e. The van der Waals surface area contributed by atoms with E-state index < -0.39 is 10.0 Å². The lowest BCUT2D eigenvalue weighted by molar-refractivity contribution is 0.348. The van der Waals surface area contributed by atoms with Gasteiger partial charge < -0.3 is 14.2 Å². The van der Waals surface area contributed by atoms with Gasteiger partial charge in [-0.2, -0.15) is 4.31 Å². The van der Waals surface area contributed by atoms with Crippen molar-refractivity contribution in [2.24, 2.45) is 0 Å². The molecule has 0 aromatic heterocycles. The molecule has 0 amide bonds. The lowest BCUT2D eigenvalue weighted by atomic mass is 9.99. The predicted octanol–water partition coefficient (Wildman–Crippen LogP) is 2.39. The molecule has 0 saturated heterocycles. The molecular weight excluding hydrogens is 354 g/mol. The van der Waals surface area contributed by atoms with Crippen molar-refractivity contribution in [3.05, 3.63) is 47.0 Å². The van der Waals surface area contributed by atoms with E-state index in [2.05, 4.69) is 0 Å². The minimum Gasteiger partial charge on any atom is -0.497 e. The van der Waals surface area contributed by atoms with Crippen LogP contribution >= 0.6 is 0 Å². The zero-order chi connectivity index (χ0) is 18.3. The summed E-state index contributed by atoms with van der Waals surface area (Å²) >= 11 is 0. The highest BCUT2D eigenvalue weighted by Crippen LogP contribution is 2.41. The highest BCUT2D eigenvalue weighted by atomic mass is 32.2. The van der Waals surface area contributed by atoms with Crippen LogP contribution < -0.4 is 14.2 Å². The monoisotopic (exact) mass is 375 g/mol. The Bertz CT molecular complexity index is 905. The number of methoxy groups -OCH3 is 1. The van der Waals surface area contributed by atoms with Crippen molar-refractivity contribution in [3.8, 4) is 17.2 Å². The number of nitrogens with zero attached hydrogens (tertiary/aromatic N) is 1. The van der Waals surface area contributed by atoms with Gasteiger partial charge in [0, 0.05) is 43.1 Å². The molecule has 26 heavy (non-hydrogen) atoms. The van der Waals surface area contributed by atoms with Crippen molar-refractivity contribution in [3.63, 3.8) is 0 Å². The number of sulfonamides is 1. The molecule has 0 radical (unpaired) electrons. The Morgan fingerprint density at radius 1 is 1.12 bits per heavy atom. The molecule has 2 aromatic rings. The summed E-state index contributed by atoms with van der Waals surface area (Å²) in [5, 5.41) is 0. The Hall–Kier alpha value is -2.25. The molecule has 4 rings (SSSR count). The first-order chi connectivity index (χ1) is 12.5. The number of hydrogen-bond acceptors (Lipinski definition) is 5. The quantitative estimate of drug-likeness (QED) is 0.803. The molecule has 0 bridgehead atoms. The number of hydrogen-bond donors (Lipinski definition) is 0. The molecule has 2 aliphatic rings. The third-order valence-corrected chi connectivity index (χ3v) is 6.73. The number of rotatable bonds is 5. The molecule has 138 valence electrons. The normalized spacial score (nSPS) is 15.3. The lowest BCUT2D eigenvalue weighted by Gasteiger charge is -2.20. The van der Waals surface area contributed by atoms with E-state index in [0.29, 0.717) is 19.0 Å². The third kappa shape index (κ3) is 2.81. The average molecular weight is 375 g/mol. The van der Waals surface area contributed by atoms with Gasteiger partial charge in [-0.1, -0.05) is 0 Å². The number of benzene rings is 2. The van der Waals surface area contributed by atoms with Gasteiger partial charge in [0.05, 0.1) is 25.2 Å². The van der Waals surface area contributed by atoms with Gasteiger partial charge in [-0.25, -0.2) is 8.42 Å². The minimum atomic E-state index is -3.62. The molecule has 0 unspecified atom stereocenters. The van der Waals surface area contributed by atoms with Crippen LogP contribution in [0.15, 0.2) is 35.2 Å². The Morgan fingerprint density at radius 2 is 1.85 bits per heavy atom. The Labute approximate surface area is 153 Å². The maximum absolute atomic E-state index is 12.9. The van der Waals surface area contributed by atoms with E-state index in [4.69, 9.17) is 14.2 Å². The van der Waals surface area contributed by atoms with Crippen LogP contribution in [0.3, 0.4) is 0 Å². The van der Waals surface area contributed by atoms with Crippen molar-refractivity contribution in [1.82, 2.24) is 4.31 Å². The van der Waals surface area contributed by atoms with Crippen LogP contribution in [0, 0.1) is 0 Å². The SMILES string of the molecule is COc1ccc(S(=O)(=O)N(C)Cc2c3c(cc4c2OCC4)OCC3)cc1. The number of fused-ring (bicyclic) bond motifs is 2. The molecule has 6 nitrogen and oxygen atoms in total. The maximum Gasteiger partial charge on any atom is 0.243 e. The fourth-order valence-corrected chi connectivity index (χ4v) is 4.63. The van der Waals surface area contributed by atoms with E-state index in [1.54, 1.807) is 38.4 Å². The van der Waals surface area contributed by atoms with Crippen LogP contribution in [-0.2, 0) is 29.4 Å². The van der Waals surface area contributed by atoms with Gasteiger partial charge in [-0.3, -0.25) is 0 Å². The first kappa shape index (κ1) is 17.2. The first-order valence-electron chi connectivity index (χ1n) is 8.54. The van der Waals surface area contributed by atoms with Gasteiger partial charge in [-0.05, 0) is 30.3 Å². The lowest BCUT2D eigenvalue weighted by Crippen LogP contribution is -2.27. The average Bonchev–Trinajstić information content (AvgIpc) is 3.30. The van der Waals surface area contributed by atoms with Crippen molar-refractivity contribution in [2.75, 3.05) is 27.4 Å². The summed E-state index contributed by atoms with van der Waals surface area (Å²) in [6, 6.07) is 8.45. The van der Waals surface area contributed by atoms with Crippen molar-refractivity contribution < 1.29 is 22.6 Å². The van der Waals surface area contributed by atoms with Crippen LogP contribution in [0.1, 0.15) is 16.7 Å². The van der Waals surface area contributed by atoms with E-state index in [-0.39, 0.29) is 11.4 Å². The van der Waals surface area contributed by atoms with Crippen molar-refractivity contribution >= 4 is 10.0 Å². The predicted molar refractivity (Wildman–Crippen MR) is 96.5 cm³/mol. The van der Waals surface area contributed by atoms with Crippen molar-refractivity contribution in [2.45, 2.75) is 24.3 Å². The molecule has 2 aliphatic heterocycles. The highest BCUT2D eigenvalue weighted by Gasteiger charge is 2.30. The summed E-state index contributed by atoms with van der Waals surface area (Å²) in [5.41, 5.74) is 3.07. The Balaban J connectivity index is 1.67. The van der Waals surface area contributed by atoms with Gasteiger partial charge >= 0.3 is 0 Å². The summed E-state index contributed by atoms with van der Waals surface area (Å²) in [4.78, 5) is 0.238. The standard InChI is InChI=1S/C19H21NO5S/c1-20(26(21,22)15-5-3-14(23-2)4-6-15)12-17-16-8-10-24-18(16)11-13-7-9-25-19(13)17/h3-6,11H,7-10,12H2,1-2H3. The zero-order valence-corrected chi connectivity index (χ0v) is 15.6. The van der Waals surface area contributed by atoms with Crippen LogP contribution in [0.5, 0.6) is 17.2 Å². The van der Waals surface area contributed by atoms with E-state index >= 15 is 0 Å². The molecule has 0 fully saturated rings. The molecule has 0 spiro atoms. The van der Waals surface area contributed by atoms with E-state index in [1.807, 2.05) is 6.07 Å². The fraction of sp³-hybridized carbons (Fsp3) is 0.368. The Kier molecular flexibility index (Phi) is 4.28. The van der Waals surface area contributed by atoms with Gasteiger partial charge in [0.1, 0.15) is 17.2 Å². The van der Waals surface area contributed by atoms with Crippen LogP contribution in [0.25, 0.3) is 0 Å². The Morgan fingerprint density at radius 3 is 2.58 bits per heavy atom. The van der Waals surface area contributed by atoms with Gasteiger partial charge in [0.25, 0.3) is 0 Å². The molecule has 0 saturated carbocycles. The molecule has 7 heteroatoms. The summed E-state index contributed by atoms with van der Waals surface area (Å²) in [7, 11) is -0.472. The first-order valence-corrected chi connectivity index (χ1v) is 9.98. The molecule has 2 aromatic carbocycles. The molecule has 0 aliphatic carbocycles. The largest absolute Gasteiger partial charge is 0.497 e. The molecule has 0 N–H and O–H groups in total. The second-order valence-corrected chi connectivity index (χ2v) is 8.50. The van der Waals surface area contributed by atoms with Crippen LogP contribution in [0.2, 0.25) is 0 Å². The summed E-state index contributed by atoms with van der Waals surface area (Å²) in [5.74, 6) is 2.31. The third-order valence-electron chi connectivity index (χ3n) is 4.91. The zero-order valence-electron chi connectivity index (χ0n) is 14.8. The van der Waals surface area contributed by atoms with Crippen molar-refractivity contribution in [1.29, 1.82) is 0 Å². The van der Waals surface area contributed by atoms with Crippen LogP contribution in [0.4, 0.5) is 0 Å². The number of ether oxygens (including phenoxy) is 3. The van der Waals surface area contributed by atoms with Gasteiger partial charge in [0.2, 0.25) is 10.0 Å².